The topological polar surface area (TPSA) is 235 Å². The molecule has 5 atom stereocenters. The molecule has 13 nitrogen and oxygen atoms in total. The van der Waals surface area contributed by atoms with Crippen molar-refractivity contribution in [1.82, 2.24) is 16.0 Å². The number of carboxylic acid groups (broad SMARTS) is 1. The normalized spacial score (nSPS) is 15.6. The van der Waals surface area contributed by atoms with Crippen LogP contribution in [0.2, 0.25) is 0 Å². The van der Waals surface area contributed by atoms with Crippen LogP contribution in [0.15, 0.2) is 4.99 Å². The van der Waals surface area contributed by atoms with Crippen LogP contribution in [0.4, 0.5) is 0 Å². The second-order valence-electron chi connectivity index (χ2n) is 7.59. The summed E-state index contributed by atoms with van der Waals surface area (Å²) < 4.78 is 0. The van der Waals surface area contributed by atoms with Crippen LogP contribution in [-0.4, -0.2) is 82.4 Å². The number of hydrogen-bond acceptors (Lipinski definition) is 8. The molecule has 0 aromatic carbocycles. The number of aliphatic hydroxyl groups excluding tert-OH is 1. The summed E-state index contributed by atoms with van der Waals surface area (Å²) in [6.07, 6.45) is -0.718. The highest BCUT2D eigenvalue weighted by Crippen LogP contribution is 2.07. The van der Waals surface area contributed by atoms with Crippen molar-refractivity contribution in [2.45, 2.75) is 63.9 Å². The summed E-state index contributed by atoms with van der Waals surface area (Å²) in [5, 5.41) is 25.9. The first-order chi connectivity index (χ1) is 14.8. The summed E-state index contributed by atoms with van der Waals surface area (Å²) in [6.45, 7) is 4.85. The molecule has 0 aliphatic carbocycles. The summed E-state index contributed by atoms with van der Waals surface area (Å²) in [6, 6.07) is -4.68. The lowest BCUT2D eigenvalue weighted by molar-refractivity contribution is -0.142. The molecule has 0 saturated carbocycles. The van der Waals surface area contributed by atoms with Crippen molar-refractivity contribution < 1.29 is 29.4 Å². The Morgan fingerprint density at radius 2 is 1.53 bits per heavy atom. The van der Waals surface area contributed by atoms with Gasteiger partial charge in [-0.15, -0.1) is 0 Å². The fourth-order valence-corrected chi connectivity index (χ4v) is 2.74. The smallest absolute Gasteiger partial charge is 0.327 e. The molecule has 32 heavy (non-hydrogen) atoms. The van der Waals surface area contributed by atoms with Gasteiger partial charge < -0.3 is 43.4 Å². The van der Waals surface area contributed by atoms with E-state index < -0.39 is 59.9 Å². The third-order valence-corrected chi connectivity index (χ3v) is 4.81. The Hall–Kier alpha value is -2.58. The van der Waals surface area contributed by atoms with Crippen molar-refractivity contribution in [3.63, 3.8) is 0 Å². The quantitative estimate of drug-likeness (QED) is 0.0531. The SMILES string of the molecule is CC(C)C(NC(=O)C(CCCN=C(N)N)NC(=O)C(N)C(C)O)C(=O)NC(CS)C(=O)O. The number of carbonyl (C=O) groups excluding carboxylic acids is 3. The van der Waals surface area contributed by atoms with Crippen LogP contribution in [0.3, 0.4) is 0 Å². The average Bonchev–Trinajstić information content (AvgIpc) is 2.70. The molecule has 0 fully saturated rings. The van der Waals surface area contributed by atoms with Gasteiger partial charge in [-0.1, -0.05) is 13.8 Å². The average molecular weight is 478 g/mol. The molecule has 14 heteroatoms. The van der Waals surface area contributed by atoms with Gasteiger partial charge in [0.2, 0.25) is 17.7 Å². The first-order valence-electron chi connectivity index (χ1n) is 10.1. The Kier molecular flexibility index (Phi) is 13.3. The number of carbonyl (C=O) groups is 4. The monoisotopic (exact) mass is 477 g/mol. The highest BCUT2D eigenvalue weighted by Gasteiger charge is 2.31. The molecule has 11 N–H and O–H groups in total. The van der Waals surface area contributed by atoms with Crippen molar-refractivity contribution in [3.8, 4) is 0 Å². The number of nitrogens with two attached hydrogens (primary N) is 3. The van der Waals surface area contributed by atoms with Crippen molar-refractivity contribution >= 4 is 42.3 Å². The number of aliphatic imine (C=N–C) groups is 1. The Morgan fingerprint density at radius 1 is 0.969 bits per heavy atom. The van der Waals surface area contributed by atoms with Gasteiger partial charge >= 0.3 is 5.97 Å². The molecule has 3 amide bonds. The molecule has 0 aliphatic rings. The number of thiol groups is 1. The van der Waals surface area contributed by atoms with Gasteiger partial charge in [-0.2, -0.15) is 12.6 Å². The maximum atomic E-state index is 12.9. The van der Waals surface area contributed by atoms with E-state index in [0.29, 0.717) is 6.42 Å². The predicted octanol–water partition coefficient (Wildman–Crippen LogP) is -3.13. The maximum Gasteiger partial charge on any atom is 0.327 e. The number of nitrogens with one attached hydrogen (secondary N) is 3. The maximum absolute atomic E-state index is 12.9. The van der Waals surface area contributed by atoms with Crippen LogP contribution in [0.1, 0.15) is 33.6 Å². The lowest BCUT2D eigenvalue weighted by atomic mass is 10.0. The number of carboxylic acids is 1. The Balaban J connectivity index is 5.44. The number of amides is 3. The molecule has 0 heterocycles. The number of nitrogens with zero attached hydrogens (tertiary/aromatic N) is 1. The van der Waals surface area contributed by atoms with Gasteiger partial charge in [0.1, 0.15) is 24.2 Å². The molecule has 0 saturated heterocycles. The fourth-order valence-electron chi connectivity index (χ4n) is 2.50. The molecule has 0 rings (SSSR count). The first kappa shape index (κ1) is 29.4. The Labute approximate surface area is 192 Å². The van der Waals surface area contributed by atoms with Gasteiger partial charge in [-0.25, -0.2) is 4.79 Å². The van der Waals surface area contributed by atoms with Gasteiger partial charge in [0, 0.05) is 12.3 Å². The van der Waals surface area contributed by atoms with E-state index in [9.17, 15) is 24.3 Å². The molecule has 5 unspecified atom stereocenters. The third-order valence-electron chi connectivity index (χ3n) is 4.44. The zero-order valence-corrected chi connectivity index (χ0v) is 19.3. The van der Waals surface area contributed by atoms with E-state index in [-0.39, 0.29) is 24.7 Å². The summed E-state index contributed by atoms with van der Waals surface area (Å²) in [5.74, 6) is -4.08. The van der Waals surface area contributed by atoms with Crippen LogP contribution < -0.4 is 33.2 Å². The second-order valence-corrected chi connectivity index (χ2v) is 7.95. The molecule has 0 spiro atoms. The van der Waals surface area contributed by atoms with E-state index in [2.05, 4.69) is 33.6 Å². The van der Waals surface area contributed by atoms with Crippen LogP contribution >= 0.6 is 12.6 Å². The highest BCUT2D eigenvalue weighted by atomic mass is 32.1. The van der Waals surface area contributed by atoms with Crippen LogP contribution in [0.25, 0.3) is 0 Å². The summed E-state index contributed by atoms with van der Waals surface area (Å²) in [4.78, 5) is 52.7. The molecule has 0 radical (unpaired) electrons. The molecule has 0 bridgehead atoms. The molecule has 0 aromatic rings. The Bertz CT molecular complexity index is 685. The van der Waals surface area contributed by atoms with E-state index >= 15 is 0 Å². The minimum absolute atomic E-state index is 0.113. The number of guanidine groups is 1. The van der Waals surface area contributed by atoms with Gasteiger partial charge in [-0.05, 0) is 25.7 Å². The Morgan fingerprint density at radius 3 is 1.97 bits per heavy atom. The lowest BCUT2D eigenvalue weighted by Gasteiger charge is -2.27. The van der Waals surface area contributed by atoms with Gasteiger partial charge in [0.15, 0.2) is 5.96 Å². The largest absolute Gasteiger partial charge is 0.480 e. The van der Waals surface area contributed by atoms with E-state index in [1.54, 1.807) is 13.8 Å². The molecular formula is C18H35N7O6S. The van der Waals surface area contributed by atoms with E-state index in [1.165, 1.54) is 6.92 Å². The highest BCUT2D eigenvalue weighted by molar-refractivity contribution is 7.80. The van der Waals surface area contributed by atoms with Crippen molar-refractivity contribution in [3.05, 3.63) is 0 Å². The number of hydrogen-bond donors (Lipinski definition) is 9. The van der Waals surface area contributed by atoms with Crippen molar-refractivity contribution in [2.75, 3.05) is 12.3 Å². The number of aliphatic hydroxyl groups is 1. The summed E-state index contributed by atoms with van der Waals surface area (Å²) in [5.41, 5.74) is 16.2. The predicted molar refractivity (Wildman–Crippen MR) is 122 cm³/mol. The first-order valence-corrected chi connectivity index (χ1v) is 10.7. The zero-order chi connectivity index (χ0) is 25.0. The van der Waals surface area contributed by atoms with E-state index in [1.807, 2.05) is 0 Å². The van der Waals surface area contributed by atoms with Crippen LogP contribution in [-0.2, 0) is 19.2 Å². The fraction of sp³-hybridized carbons (Fsp3) is 0.722. The summed E-state index contributed by atoms with van der Waals surface area (Å²) >= 11 is 3.90. The molecule has 0 aromatic heterocycles. The third kappa shape index (κ3) is 10.6. The van der Waals surface area contributed by atoms with Crippen LogP contribution in [0, 0.1) is 5.92 Å². The van der Waals surface area contributed by atoms with E-state index in [0.717, 1.165) is 0 Å². The van der Waals surface area contributed by atoms with Crippen molar-refractivity contribution in [1.29, 1.82) is 0 Å². The minimum atomic E-state index is -1.26. The van der Waals surface area contributed by atoms with Gasteiger partial charge in [0.05, 0.1) is 6.10 Å². The lowest BCUT2D eigenvalue weighted by Crippen LogP contribution is -2.59. The van der Waals surface area contributed by atoms with Gasteiger partial charge in [-0.3, -0.25) is 19.4 Å². The van der Waals surface area contributed by atoms with Gasteiger partial charge in [0.25, 0.3) is 0 Å². The minimum Gasteiger partial charge on any atom is -0.480 e. The summed E-state index contributed by atoms with van der Waals surface area (Å²) in [7, 11) is 0. The number of rotatable bonds is 14. The number of aliphatic carboxylic acids is 1. The standard InChI is InChI=1S/C18H35N7O6S/c1-8(2)13(16(29)24-11(7-32)17(30)31)25-14(27)10(5-4-6-22-18(20)21)23-15(28)12(19)9(3)26/h8-13,26,32H,4-7,19H2,1-3H3,(H,23,28)(H,24,29)(H,25,27)(H,30,31)(H4,20,21,22). The molecule has 0 aliphatic heterocycles. The zero-order valence-electron chi connectivity index (χ0n) is 18.4. The van der Waals surface area contributed by atoms with Crippen LogP contribution in [0.5, 0.6) is 0 Å². The second kappa shape index (κ2) is 14.5. The van der Waals surface area contributed by atoms with E-state index in [4.69, 9.17) is 22.3 Å². The molecule has 184 valence electrons. The molecular weight excluding hydrogens is 442 g/mol. The van der Waals surface area contributed by atoms with Crippen molar-refractivity contribution in [2.24, 2.45) is 28.1 Å².